The molecule has 0 amide bonds. The van der Waals surface area contributed by atoms with Crippen LogP contribution in [0.4, 0.5) is 0 Å². The van der Waals surface area contributed by atoms with Crippen LogP contribution in [0.5, 0.6) is 0 Å². The molecule has 1 saturated heterocycles. The van der Waals surface area contributed by atoms with Crippen LogP contribution in [-0.4, -0.2) is 44.0 Å². The second-order valence-electron chi connectivity index (χ2n) is 4.56. The van der Waals surface area contributed by atoms with E-state index in [2.05, 4.69) is 22.3 Å². The Morgan fingerprint density at radius 3 is 2.86 bits per heavy atom. The maximum atomic E-state index is 4.43. The summed E-state index contributed by atoms with van der Waals surface area (Å²) in [5.41, 5.74) is 0. The Hall–Kier alpha value is -0.570. The minimum absolute atomic E-state index is 0.870. The quantitative estimate of drug-likeness (QED) is 0.715. The number of hydrogen-bond donors (Lipinski definition) is 1. The fourth-order valence-corrected chi connectivity index (χ4v) is 2.21. The van der Waals surface area contributed by atoms with Gasteiger partial charge in [-0.15, -0.1) is 0 Å². The van der Waals surface area contributed by atoms with Crippen LogP contribution < -0.4 is 5.32 Å². The van der Waals surface area contributed by atoms with Gasteiger partial charge in [0.05, 0.1) is 5.84 Å². The van der Waals surface area contributed by atoms with Gasteiger partial charge in [0.15, 0.2) is 0 Å². The van der Waals surface area contributed by atoms with Crippen LogP contribution in [-0.2, 0) is 0 Å². The van der Waals surface area contributed by atoms with E-state index in [4.69, 9.17) is 0 Å². The Labute approximate surface area is 86.6 Å². The number of amidine groups is 1. The van der Waals surface area contributed by atoms with Crippen molar-refractivity contribution < 1.29 is 0 Å². The number of likely N-dealkylation sites (tertiary alicyclic amines) is 1. The highest BCUT2D eigenvalue weighted by atomic mass is 15.1. The van der Waals surface area contributed by atoms with Crippen LogP contribution in [0.2, 0.25) is 0 Å². The lowest BCUT2D eigenvalue weighted by Crippen LogP contribution is -2.36. The van der Waals surface area contributed by atoms with Crippen molar-refractivity contribution in [2.75, 3.05) is 33.2 Å². The molecule has 0 aromatic rings. The van der Waals surface area contributed by atoms with Crippen LogP contribution in [0, 0.1) is 5.92 Å². The lowest BCUT2D eigenvalue weighted by Gasteiger charge is -2.29. The van der Waals surface area contributed by atoms with E-state index in [1.807, 2.05) is 0 Å². The molecule has 3 nitrogen and oxygen atoms in total. The van der Waals surface area contributed by atoms with E-state index in [-0.39, 0.29) is 0 Å². The Kier molecular flexibility index (Phi) is 3.40. The van der Waals surface area contributed by atoms with Gasteiger partial charge in [0.1, 0.15) is 0 Å². The van der Waals surface area contributed by atoms with Crippen molar-refractivity contribution in [1.82, 2.24) is 10.2 Å². The third kappa shape index (κ3) is 2.71. The van der Waals surface area contributed by atoms with E-state index in [0.717, 1.165) is 19.0 Å². The van der Waals surface area contributed by atoms with Gasteiger partial charge in [0.25, 0.3) is 0 Å². The number of aliphatic imine (C=N–C) groups is 1. The second kappa shape index (κ2) is 4.78. The molecule has 1 N–H and O–H groups in total. The van der Waals surface area contributed by atoms with Gasteiger partial charge in [0, 0.05) is 19.5 Å². The minimum Gasteiger partial charge on any atom is -0.374 e. The maximum absolute atomic E-state index is 4.43. The largest absolute Gasteiger partial charge is 0.374 e. The molecule has 1 fully saturated rings. The third-order valence-electron chi connectivity index (χ3n) is 3.31. The average molecular weight is 195 g/mol. The zero-order valence-corrected chi connectivity index (χ0v) is 9.13. The van der Waals surface area contributed by atoms with Gasteiger partial charge in [-0.1, -0.05) is 0 Å². The predicted molar refractivity (Wildman–Crippen MR) is 59.8 cm³/mol. The summed E-state index contributed by atoms with van der Waals surface area (Å²) in [5, 5.41) is 3.50. The van der Waals surface area contributed by atoms with E-state index >= 15 is 0 Å². The van der Waals surface area contributed by atoms with Gasteiger partial charge in [-0.3, -0.25) is 4.99 Å². The van der Waals surface area contributed by atoms with E-state index in [1.165, 1.54) is 44.6 Å². The molecule has 0 aliphatic carbocycles. The summed E-state index contributed by atoms with van der Waals surface area (Å²) >= 11 is 0. The lowest BCUT2D eigenvalue weighted by molar-refractivity contribution is 0.220. The van der Waals surface area contributed by atoms with Crippen LogP contribution in [0.15, 0.2) is 4.99 Å². The molecule has 2 rings (SSSR count). The Morgan fingerprint density at radius 1 is 1.43 bits per heavy atom. The van der Waals surface area contributed by atoms with E-state index in [1.54, 1.807) is 0 Å². The highest BCUT2D eigenvalue weighted by Gasteiger charge is 2.17. The molecule has 3 heteroatoms. The molecule has 0 unspecified atom stereocenters. The second-order valence-corrected chi connectivity index (χ2v) is 4.56. The maximum Gasteiger partial charge on any atom is 0.0963 e. The van der Waals surface area contributed by atoms with E-state index in [0.29, 0.717) is 0 Å². The number of hydrogen-bond acceptors (Lipinski definition) is 3. The van der Waals surface area contributed by atoms with Crippen molar-refractivity contribution in [2.24, 2.45) is 10.9 Å². The Bertz CT molecular complexity index is 205. The third-order valence-corrected chi connectivity index (χ3v) is 3.31. The molecule has 0 aromatic heterocycles. The Balaban J connectivity index is 1.65. The van der Waals surface area contributed by atoms with E-state index < -0.39 is 0 Å². The molecule has 80 valence electrons. The first kappa shape index (κ1) is 9.97. The molecule has 2 aliphatic rings. The fourth-order valence-electron chi connectivity index (χ4n) is 2.21. The molecule has 0 atom stereocenters. The molecule has 2 aliphatic heterocycles. The first-order valence-electron chi connectivity index (χ1n) is 5.80. The number of piperidine rings is 1. The molecular formula is C11H21N3. The van der Waals surface area contributed by atoms with Crippen molar-refractivity contribution >= 4 is 5.84 Å². The van der Waals surface area contributed by atoms with Gasteiger partial charge in [-0.05, 0) is 45.3 Å². The van der Waals surface area contributed by atoms with Gasteiger partial charge in [0.2, 0.25) is 0 Å². The van der Waals surface area contributed by atoms with Crippen LogP contribution in [0.3, 0.4) is 0 Å². The normalized spacial score (nSPS) is 25.1. The van der Waals surface area contributed by atoms with Gasteiger partial charge < -0.3 is 10.2 Å². The molecular weight excluding hydrogens is 174 g/mol. The summed E-state index contributed by atoms with van der Waals surface area (Å²) in [6, 6.07) is 0. The fraction of sp³-hybridized carbons (Fsp3) is 0.909. The van der Waals surface area contributed by atoms with Crippen molar-refractivity contribution in [3.05, 3.63) is 0 Å². The van der Waals surface area contributed by atoms with Crippen molar-refractivity contribution in [1.29, 1.82) is 0 Å². The highest BCUT2D eigenvalue weighted by Crippen LogP contribution is 2.15. The number of rotatable bonds is 2. The zero-order valence-electron chi connectivity index (χ0n) is 9.13. The van der Waals surface area contributed by atoms with Crippen molar-refractivity contribution in [3.8, 4) is 0 Å². The number of nitrogens with one attached hydrogen (secondary N) is 1. The first-order valence-corrected chi connectivity index (χ1v) is 5.80. The highest BCUT2D eigenvalue weighted by molar-refractivity contribution is 5.83. The Morgan fingerprint density at radius 2 is 2.21 bits per heavy atom. The minimum atomic E-state index is 0.870. The molecule has 0 bridgehead atoms. The summed E-state index contributed by atoms with van der Waals surface area (Å²) in [6.45, 7) is 4.71. The molecule has 0 spiro atoms. The lowest BCUT2D eigenvalue weighted by atomic mass is 9.97. The van der Waals surface area contributed by atoms with Crippen LogP contribution in [0.25, 0.3) is 0 Å². The van der Waals surface area contributed by atoms with Crippen molar-refractivity contribution in [3.63, 3.8) is 0 Å². The van der Waals surface area contributed by atoms with Crippen LogP contribution >= 0.6 is 0 Å². The summed E-state index contributed by atoms with van der Waals surface area (Å²) in [4.78, 5) is 6.85. The molecule has 0 radical (unpaired) electrons. The summed E-state index contributed by atoms with van der Waals surface area (Å²) in [7, 11) is 2.21. The molecule has 2 heterocycles. The summed E-state index contributed by atoms with van der Waals surface area (Å²) in [5.74, 6) is 2.12. The molecule has 14 heavy (non-hydrogen) atoms. The molecule has 0 aromatic carbocycles. The average Bonchev–Trinajstić information content (AvgIpc) is 2.70. The monoisotopic (exact) mass is 195 g/mol. The van der Waals surface area contributed by atoms with Crippen molar-refractivity contribution in [2.45, 2.75) is 25.7 Å². The summed E-state index contributed by atoms with van der Waals surface area (Å²) < 4.78 is 0. The predicted octanol–water partition coefficient (Wildman–Crippen LogP) is 1.11. The van der Waals surface area contributed by atoms with Gasteiger partial charge in [-0.2, -0.15) is 0 Å². The van der Waals surface area contributed by atoms with Gasteiger partial charge in [-0.25, -0.2) is 0 Å². The number of nitrogens with zero attached hydrogens (tertiary/aromatic N) is 2. The first-order chi connectivity index (χ1) is 6.84. The van der Waals surface area contributed by atoms with E-state index in [9.17, 15) is 0 Å². The zero-order chi connectivity index (χ0) is 9.80. The topological polar surface area (TPSA) is 27.6 Å². The molecule has 0 saturated carbocycles. The van der Waals surface area contributed by atoms with Crippen LogP contribution in [0.1, 0.15) is 25.7 Å². The smallest absolute Gasteiger partial charge is 0.0963 e. The SMILES string of the molecule is CN1CCC(CNC2=NCCC2)CC1. The standard InChI is InChI=1S/C11H21N3/c1-14-7-4-10(5-8-14)9-13-11-3-2-6-12-11/h10H,2-9H2,1H3,(H,12,13). The van der Waals surface area contributed by atoms with Gasteiger partial charge >= 0.3 is 0 Å². The summed E-state index contributed by atoms with van der Waals surface area (Å²) in [6.07, 6.45) is 5.11.